The molecule has 0 aliphatic rings. The van der Waals surface area contributed by atoms with Crippen molar-refractivity contribution in [2.75, 3.05) is 0 Å². The number of para-hydroxylation sites is 2. The zero-order chi connectivity index (χ0) is 41.3. The van der Waals surface area contributed by atoms with Gasteiger partial charge in [0.1, 0.15) is 0 Å². The van der Waals surface area contributed by atoms with E-state index >= 15 is 0 Å². The first-order valence-electron chi connectivity index (χ1n) is 20.5. The van der Waals surface area contributed by atoms with Crippen molar-refractivity contribution in [1.82, 2.24) is 14.5 Å². The van der Waals surface area contributed by atoms with Crippen LogP contribution >= 0.6 is 0 Å². The molecule has 273 valence electrons. The van der Waals surface area contributed by atoms with Gasteiger partial charge in [-0.05, 0) is 78.3 Å². The minimum atomic E-state index is -2.09. The maximum absolute atomic E-state index is 8.61. The van der Waals surface area contributed by atoms with Crippen molar-refractivity contribution < 1.29 is 31.4 Å². The second-order valence-electron chi connectivity index (χ2n) is 13.5. The Kier molecular flexibility index (Phi) is 9.53. The summed E-state index contributed by atoms with van der Waals surface area (Å²) in [4.78, 5) is 9.29. The van der Waals surface area contributed by atoms with Crippen LogP contribution in [0.1, 0.15) is 37.4 Å². The molecule has 0 bridgehead atoms. The molecule has 1 radical (unpaired) electrons. The van der Waals surface area contributed by atoms with Crippen molar-refractivity contribution in [1.29, 1.82) is 0 Å². The average molecular weight is 897 g/mol. The van der Waals surface area contributed by atoms with Gasteiger partial charge in [0.25, 0.3) is 0 Å². The fourth-order valence-corrected chi connectivity index (χ4v) is 6.78. The van der Waals surface area contributed by atoms with Crippen LogP contribution in [-0.4, -0.2) is 14.5 Å². The van der Waals surface area contributed by atoms with Crippen molar-refractivity contribution >= 4 is 22.0 Å². The van der Waals surface area contributed by atoms with Crippen molar-refractivity contribution in [3.63, 3.8) is 0 Å². The van der Waals surface area contributed by atoms with E-state index in [1.165, 1.54) is 11.8 Å². The van der Waals surface area contributed by atoms with Gasteiger partial charge in [-0.3, -0.25) is 4.98 Å². The number of pyridine rings is 1. The Hall–Kier alpha value is -5.87. The van der Waals surface area contributed by atoms with E-state index in [1.807, 2.05) is 74.5 Å². The number of aromatic nitrogens is 3. The molecule has 3 heterocycles. The molecule has 6 aromatic carbocycles. The minimum Gasteiger partial charge on any atom is -0.557 e. The van der Waals surface area contributed by atoms with Crippen LogP contribution in [0.3, 0.4) is 0 Å². The molecule has 0 saturated carbocycles. The molecule has 0 aliphatic heterocycles. The van der Waals surface area contributed by atoms with E-state index < -0.39 is 13.2 Å². The predicted octanol–water partition coefficient (Wildman–Crippen LogP) is 12.9. The largest absolute Gasteiger partial charge is 0.557 e. The van der Waals surface area contributed by atoms with Crippen LogP contribution in [0.2, 0.25) is 0 Å². The maximum atomic E-state index is 8.61. The molecular weight excluding hydrogens is 851 g/mol. The summed E-state index contributed by atoms with van der Waals surface area (Å²) in [6.07, 6.45) is 3.07. The molecule has 0 spiro atoms. The minimum absolute atomic E-state index is 0. The molecule has 0 amide bonds. The van der Waals surface area contributed by atoms with Crippen molar-refractivity contribution in [3.8, 4) is 50.6 Å². The third kappa shape index (κ3) is 8.00. The Morgan fingerprint density at radius 2 is 1.45 bits per heavy atom. The van der Waals surface area contributed by atoms with Crippen LogP contribution in [-0.2, 0) is 26.5 Å². The quantitative estimate of drug-likeness (QED) is 0.150. The number of hydrogen-bond acceptors (Lipinski definition) is 3. The van der Waals surface area contributed by atoms with E-state index in [9.17, 15) is 0 Å². The summed E-state index contributed by atoms with van der Waals surface area (Å²) in [7, 11) is 0. The number of fused-ring (bicyclic) bond motifs is 2. The molecule has 0 fully saturated rings. The average Bonchev–Trinajstić information content (AvgIpc) is 3.85. The van der Waals surface area contributed by atoms with Crippen LogP contribution in [0.5, 0.6) is 0 Å². The fourth-order valence-electron chi connectivity index (χ4n) is 6.78. The van der Waals surface area contributed by atoms with Gasteiger partial charge in [-0.15, -0.1) is 42.0 Å². The Balaban J connectivity index is 0.000000270. The standard InChI is InChI=1S/C38H31N2O.C12H10N.Ir/c1-25(2)20-27-18-19-30-33(24-41-36(30)23-27)38-39-34-16-10-11-17-35(34)40(38)37-31(28-12-6-4-7-13-28)21-26(3)22-32(37)29-14-8-5-9-15-29;1-10-7-8-12(13-9-10)11-5-3-2-4-6-11;/h4-19,21-23,25H,20H2,1-3H3;2-5,7-9H,1H3;/q2*-1;/i20D2;1D3;. The van der Waals surface area contributed by atoms with E-state index in [0.717, 1.165) is 67.0 Å². The van der Waals surface area contributed by atoms with Crippen LogP contribution in [0.15, 0.2) is 162 Å². The summed E-state index contributed by atoms with van der Waals surface area (Å²) in [5.41, 5.74) is 12.2. The van der Waals surface area contributed by atoms with Gasteiger partial charge in [0.15, 0.2) is 0 Å². The molecule has 0 N–H and O–H groups in total. The van der Waals surface area contributed by atoms with E-state index in [0.29, 0.717) is 11.1 Å². The summed E-state index contributed by atoms with van der Waals surface area (Å²) in [5, 5.41) is 0.842. The van der Waals surface area contributed by atoms with Gasteiger partial charge in [0.05, 0.1) is 22.5 Å². The van der Waals surface area contributed by atoms with E-state index in [2.05, 4.69) is 95.5 Å². The number of furan rings is 1. The van der Waals surface area contributed by atoms with Crippen LogP contribution in [0.4, 0.5) is 0 Å². The van der Waals surface area contributed by atoms with Crippen LogP contribution in [0, 0.1) is 32.0 Å². The number of nitrogens with zero attached hydrogens (tertiary/aromatic N) is 3. The smallest absolute Gasteiger partial charge is 0.0774 e. The first kappa shape index (κ1) is 31.5. The van der Waals surface area contributed by atoms with Crippen molar-refractivity contribution in [3.05, 3.63) is 187 Å². The van der Waals surface area contributed by atoms with Gasteiger partial charge in [-0.25, -0.2) is 0 Å². The van der Waals surface area contributed by atoms with E-state index in [-0.39, 0.29) is 31.6 Å². The van der Waals surface area contributed by atoms with Gasteiger partial charge in [0.2, 0.25) is 0 Å². The SMILES string of the molecule is [2H]C([2H])([2H])c1ccc(-c2[c-]cccc2)nc1.[2H]C([2H])(c1ccc2c(-c3nc4ccccc4n3-c3c(-c4ccccc4)cc(C)cc3-c3ccccc3)[c-]oc2c1)C(C)C.[Ir]. The van der Waals surface area contributed by atoms with Crippen molar-refractivity contribution in [2.45, 2.75) is 34.0 Å². The second-order valence-corrected chi connectivity index (χ2v) is 13.5. The monoisotopic (exact) mass is 897 g/mol. The fraction of sp³-hybridized carbons (Fsp3) is 0.120. The maximum Gasteiger partial charge on any atom is 0.0774 e. The summed E-state index contributed by atoms with van der Waals surface area (Å²) >= 11 is 0. The zero-order valence-corrected chi connectivity index (χ0v) is 33.1. The first-order valence-corrected chi connectivity index (χ1v) is 18.0. The van der Waals surface area contributed by atoms with E-state index in [1.54, 1.807) is 24.3 Å². The molecule has 0 atom stereocenters. The van der Waals surface area contributed by atoms with Gasteiger partial charge in [-0.2, -0.15) is 0 Å². The van der Waals surface area contributed by atoms with Crippen LogP contribution in [0.25, 0.3) is 72.6 Å². The zero-order valence-electron chi connectivity index (χ0n) is 35.7. The van der Waals surface area contributed by atoms with Crippen molar-refractivity contribution in [2.24, 2.45) is 5.92 Å². The summed E-state index contributed by atoms with van der Waals surface area (Å²) in [5.74, 6) is 0.541. The van der Waals surface area contributed by atoms with Gasteiger partial charge >= 0.3 is 0 Å². The van der Waals surface area contributed by atoms with Crippen LogP contribution < -0.4 is 0 Å². The van der Waals surface area contributed by atoms with Gasteiger partial charge in [-0.1, -0.05) is 127 Å². The number of imidazole rings is 1. The topological polar surface area (TPSA) is 43.9 Å². The summed E-state index contributed by atoms with van der Waals surface area (Å²) in [6.45, 7) is 3.83. The summed E-state index contributed by atoms with van der Waals surface area (Å²) < 4.78 is 47.2. The molecule has 0 unspecified atom stereocenters. The number of benzene rings is 6. The second kappa shape index (κ2) is 16.6. The van der Waals surface area contributed by atoms with E-state index in [4.69, 9.17) is 16.3 Å². The molecule has 9 rings (SSSR count). The molecule has 5 heteroatoms. The molecule has 0 aliphatic carbocycles. The molecule has 55 heavy (non-hydrogen) atoms. The molecule has 0 saturated heterocycles. The number of hydrogen-bond donors (Lipinski definition) is 0. The molecule has 9 aromatic rings. The third-order valence-corrected chi connectivity index (χ3v) is 9.15. The first-order chi connectivity index (χ1) is 28.4. The number of aryl methyl sites for hydroxylation is 2. The van der Waals surface area contributed by atoms with Gasteiger partial charge in [0, 0.05) is 56.1 Å². The third-order valence-electron chi connectivity index (χ3n) is 9.15. The Bertz CT molecular complexity index is 2810. The molecule has 4 nitrogen and oxygen atoms in total. The Morgan fingerprint density at radius 3 is 2.09 bits per heavy atom. The molecule has 3 aromatic heterocycles. The Labute approximate surface area is 343 Å². The normalized spacial score (nSPS) is 12.8. The Morgan fingerprint density at radius 1 is 0.764 bits per heavy atom. The predicted molar refractivity (Wildman–Crippen MR) is 223 cm³/mol. The van der Waals surface area contributed by atoms with Gasteiger partial charge < -0.3 is 14.0 Å². The number of rotatable bonds is 7. The summed E-state index contributed by atoms with van der Waals surface area (Å²) in [6, 6.07) is 53.0. The molecular formula is C50H41IrN3O-2.